The lowest BCUT2D eigenvalue weighted by atomic mass is 9.98. The Morgan fingerprint density at radius 1 is 1.36 bits per heavy atom. The molecule has 1 aromatic carbocycles. The first-order valence-electron chi connectivity index (χ1n) is 11.5. The number of esters is 1. The predicted molar refractivity (Wildman–Crippen MR) is 127 cm³/mol. The zero-order valence-corrected chi connectivity index (χ0v) is 21.4. The van der Waals surface area contributed by atoms with Gasteiger partial charge < -0.3 is 19.1 Å². The van der Waals surface area contributed by atoms with Crippen LogP contribution in [-0.4, -0.2) is 57.8 Å². The van der Waals surface area contributed by atoms with E-state index < -0.39 is 56.2 Å². The number of ether oxygens (including phenoxy) is 2. The lowest BCUT2D eigenvalue weighted by Gasteiger charge is -2.25. The number of halogens is 1. The number of carbonyl (C=O) groups excluding carboxylic acids is 1. The van der Waals surface area contributed by atoms with Crippen molar-refractivity contribution < 1.29 is 37.4 Å². The van der Waals surface area contributed by atoms with Gasteiger partial charge in [0.25, 0.3) is 0 Å². The van der Waals surface area contributed by atoms with Crippen LogP contribution in [-0.2, 0) is 23.4 Å². The number of aliphatic hydroxyl groups is 1. The smallest absolute Gasteiger partial charge is 0.459 e. The van der Waals surface area contributed by atoms with E-state index in [0.29, 0.717) is 12.1 Å². The van der Waals surface area contributed by atoms with E-state index >= 15 is 4.39 Å². The minimum Gasteiger partial charge on any atom is -0.465 e. The molecule has 1 unspecified atom stereocenters. The molecule has 1 fully saturated rings. The van der Waals surface area contributed by atoms with E-state index in [4.69, 9.17) is 18.5 Å². The number of aryl methyl sites for hydroxylation is 1. The molecule has 1 aliphatic heterocycles. The maximum absolute atomic E-state index is 15.5. The van der Waals surface area contributed by atoms with Crippen LogP contribution in [0.4, 0.5) is 4.39 Å². The highest BCUT2D eigenvalue weighted by Crippen LogP contribution is 2.47. The molecule has 2 aromatic rings. The van der Waals surface area contributed by atoms with Crippen molar-refractivity contribution in [1.82, 2.24) is 14.6 Å². The number of carbonyl (C=O) groups is 1. The Morgan fingerprint density at radius 2 is 2.06 bits per heavy atom. The first kappa shape index (κ1) is 27.9. The molecule has 2 N–H and O–H groups in total. The second kappa shape index (κ2) is 11.6. The molecule has 13 heteroatoms. The summed E-state index contributed by atoms with van der Waals surface area (Å²) in [5.74, 6) is -0.488. The van der Waals surface area contributed by atoms with Crippen molar-refractivity contribution in [3.8, 4) is 5.75 Å². The maximum atomic E-state index is 15.5. The van der Waals surface area contributed by atoms with Crippen LogP contribution < -0.4 is 15.3 Å². The van der Waals surface area contributed by atoms with Gasteiger partial charge in [-0.05, 0) is 45.4 Å². The quantitative estimate of drug-likeness (QED) is 0.331. The molecule has 3 rings (SSSR count). The molecular formula is C23H31FN3O8P. The monoisotopic (exact) mass is 527 g/mol. The highest BCUT2D eigenvalue weighted by atomic mass is 31.2. The first-order chi connectivity index (χ1) is 17.0. The maximum Gasteiger partial charge on any atom is 0.459 e. The molecule has 6 atom stereocenters. The van der Waals surface area contributed by atoms with Crippen molar-refractivity contribution in [1.29, 1.82) is 0 Å². The topological polar surface area (TPSA) is 138 Å². The Kier molecular flexibility index (Phi) is 9.02. The van der Waals surface area contributed by atoms with Gasteiger partial charge in [0.2, 0.25) is 0 Å². The van der Waals surface area contributed by atoms with Gasteiger partial charge in [-0.15, -0.1) is 0 Å². The number of aliphatic hydroxyl groups excluding tert-OH is 1. The molecule has 0 spiro atoms. The van der Waals surface area contributed by atoms with Gasteiger partial charge >= 0.3 is 19.4 Å². The van der Waals surface area contributed by atoms with E-state index in [2.05, 4.69) is 10.1 Å². The minimum atomic E-state index is -4.26. The molecule has 0 bridgehead atoms. The zero-order valence-electron chi connectivity index (χ0n) is 20.5. The number of nitrogens with zero attached hydrogens (tertiary/aromatic N) is 2. The van der Waals surface area contributed by atoms with Crippen LogP contribution in [0.1, 0.15) is 39.1 Å². The van der Waals surface area contributed by atoms with E-state index in [1.807, 2.05) is 6.92 Å². The van der Waals surface area contributed by atoms with Crippen molar-refractivity contribution in [2.75, 3.05) is 13.2 Å². The van der Waals surface area contributed by atoms with Crippen molar-refractivity contribution in [2.45, 2.75) is 64.3 Å². The zero-order chi connectivity index (χ0) is 26.5. The number of aromatic nitrogens is 2. The SMILES string of the molecule is CCCOC(=O)[C@H](C)NP(=O)(OC[C@H]1O[C@@H](n2ccc(C)nc2=O)[C@](C)(F)[C@@H]1O)Oc1ccccc1. The molecule has 36 heavy (non-hydrogen) atoms. The van der Waals surface area contributed by atoms with Crippen LogP contribution in [0.3, 0.4) is 0 Å². The summed E-state index contributed by atoms with van der Waals surface area (Å²) in [6, 6.07) is 8.51. The van der Waals surface area contributed by atoms with Crippen LogP contribution in [0.15, 0.2) is 47.4 Å². The summed E-state index contributed by atoms with van der Waals surface area (Å²) in [6.07, 6.45) is -2.65. The van der Waals surface area contributed by atoms with Gasteiger partial charge in [-0.25, -0.2) is 13.8 Å². The van der Waals surface area contributed by atoms with Crippen molar-refractivity contribution >= 4 is 13.7 Å². The second-order valence-electron chi connectivity index (χ2n) is 8.60. The number of alkyl halides is 1. The molecule has 11 nitrogen and oxygen atoms in total. The van der Waals surface area contributed by atoms with Gasteiger partial charge in [-0.1, -0.05) is 25.1 Å². The van der Waals surface area contributed by atoms with Gasteiger partial charge in [-0.3, -0.25) is 13.9 Å². The predicted octanol–water partition coefficient (Wildman–Crippen LogP) is 2.67. The number of hydrogen-bond donors (Lipinski definition) is 2. The lowest BCUT2D eigenvalue weighted by Crippen LogP contribution is -2.43. The number of para-hydroxylation sites is 1. The van der Waals surface area contributed by atoms with Crippen LogP contribution in [0.2, 0.25) is 0 Å². The van der Waals surface area contributed by atoms with E-state index in [0.717, 1.165) is 11.5 Å². The Hall–Kier alpha value is -2.63. The van der Waals surface area contributed by atoms with Crippen LogP contribution in [0, 0.1) is 6.92 Å². The summed E-state index contributed by atoms with van der Waals surface area (Å²) in [5, 5.41) is 13.1. The van der Waals surface area contributed by atoms with Crippen molar-refractivity contribution in [3.05, 3.63) is 58.8 Å². The molecule has 0 saturated carbocycles. The number of rotatable bonds is 11. The summed E-state index contributed by atoms with van der Waals surface area (Å²) in [6.45, 7) is 5.54. The van der Waals surface area contributed by atoms with Gasteiger partial charge in [-0.2, -0.15) is 10.1 Å². The van der Waals surface area contributed by atoms with E-state index in [1.54, 1.807) is 25.1 Å². The Bertz CT molecular complexity index is 1150. The van der Waals surface area contributed by atoms with Gasteiger partial charge in [0, 0.05) is 11.9 Å². The third-order valence-corrected chi connectivity index (χ3v) is 7.11. The molecule has 2 heterocycles. The fourth-order valence-electron chi connectivity index (χ4n) is 3.53. The van der Waals surface area contributed by atoms with Crippen molar-refractivity contribution in [3.63, 3.8) is 0 Å². The van der Waals surface area contributed by atoms with Crippen LogP contribution in [0.5, 0.6) is 5.75 Å². The summed E-state index contributed by atoms with van der Waals surface area (Å²) in [7, 11) is -4.26. The highest BCUT2D eigenvalue weighted by molar-refractivity contribution is 7.52. The average molecular weight is 527 g/mol. The normalized spacial score (nSPS) is 26.2. The third kappa shape index (κ3) is 6.57. The van der Waals surface area contributed by atoms with E-state index in [1.165, 1.54) is 31.3 Å². The van der Waals surface area contributed by atoms with E-state index in [-0.39, 0.29) is 12.4 Å². The number of hydrogen-bond acceptors (Lipinski definition) is 9. The number of nitrogens with one attached hydrogen (secondary N) is 1. The van der Waals surface area contributed by atoms with Gasteiger partial charge in [0.05, 0.1) is 13.2 Å². The average Bonchev–Trinajstić information content (AvgIpc) is 3.05. The molecule has 0 radical (unpaired) electrons. The minimum absolute atomic E-state index is 0.181. The molecule has 0 aliphatic carbocycles. The van der Waals surface area contributed by atoms with Crippen LogP contribution >= 0.6 is 7.75 Å². The summed E-state index contributed by atoms with van der Waals surface area (Å²) >= 11 is 0. The molecule has 0 amide bonds. The Labute approximate surface area is 208 Å². The van der Waals surface area contributed by atoms with Crippen LogP contribution in [0.25, 0.3) is 0 Å². The molecule has 1 aromatic heterocycles. The standard InChI is InChI=1S/C23H31FN3O8P/c1-5-13-32-20(29)16(3)26-36(31,35-17-9-7-6-8-10-17)33-14-18-19(28)23(4,24)21(34-18)27-12-11-15(2)25-22(27)30/h6-12,16,18-19,21,28H,5,13-14H2,1-4H3,(H,26,31)/t16-,18+,19+,21+,23+,36?/m0/s1. The molecule has 198 valence electrons. The lowest BCUT2D eigenvalue weighted by molar-refractivity contribution is -0.145. The molecular weight excluding hydrogens is 496 g/mol. The first-order valence-corrected chi connectivity index (χ1v) is 13.0. The number of benzene rings is 1. The fourth-order valence-corrected chi connectivity index (χ4v) is 5.03. The summed E-state index contributed by atoms with van der Waals surface area (Å²) < 4.78 is 51.7. The molecule has 1 aliphatic rings. The Balaban J connectivity index is 1.78. The van der Waals surface area contributed by atoms with Crippen molar-refractivity contribution in [2.24, 2.45) is 0 Å². The second-order valence-corrected chi connectivity index (χ2v) is 10.3. The van der Waals surface area contributed by atoms with Gasteiger partial charge in [0.1, 0.15) is 24.0 Å². The summed E-state index contributed by atoms with van der Waals surface area (Å²) in [5.41, 5.74) is -2.72. The third-order valence-electron chi connectivity index (χ3n) is 5.47. The Morgan fingerprint density at radius 3 is 2.69 bits per heavy atom. The highest BCUT2D eigenvalue weighted by Gasteiger charge is 2.56. The van der Waals surface area contributed by atoms with Gasteiger partial charge in [0.15, 0.2) is 11.9 Å². The van der Waals surface area contributed by atoms with E-state index in [9.17, 15) is 19.3 Å². The largest absolute Gasteiger partial charge is 0.465 e. The molecule has 1 saturated heterocycles. The fraction of sp³-hybridized carbons (Fsp3) is 0.522. The summed E-state index contributed by atoms with van der Waals surface area (Å²) in [4.78, 5) is 28.3.